The van der Waals surface area contributed by atoms with Crippen LogP contribution in [0.5, 0.6) is 0 Å². The van der Waals surface area contributed by atoms with Gasteiger partial charge >= 0.3 is 5.97 Å². The van der Waals surface area contributed by atoms with Crippen molar-refractivity contribution in [1.82, 2.24) is 0 Å². The molecule has 0 radical (unpaired) electrons. The van der Waals surface area contributed by atoms with Crippen LogP contribution in [0.2, 0.25) is 0 Å². The van der Waals surface area contributed by atoms with Gasteiger partial charge in [0.05, 0.1) is 5.56 Å². The topological polar surface area (TPSA) is 75.3 Å². The van der Waals surface area contributed by atoms with E-state index in [4.69, 9.17) is 10.8 Å². The fourth-order valence-corrected chi connectivity index (χ4v) is 2.80. The van der Waals surface area contributed by atoms with Crippen molar-refractivity contribution in [1.29, 1.82) is 0 Å². The van der Waals surface area contributed by atoms with E-state index in [2.05, 4.69) is 23.7 Å². The second-order valence-corrected chi connectivity index (χ2v) is 5.18. The summed E-state index contributed by atoms with van der Waals surface area (Å²) in [5, 5.41) is 14.3. The predicted octanol–water partition coefficient (Wildman–Crippen LogP) is 3.20. The lowest BCUT2D eigenvalue weighted by Gasteiger charge is -2.08. The van der Waals surface area contributed by atoms with Gasteiger partial charge in [0, 0.05) is 22.8 Å². The number of carbonyl (C=O) groups is 1. The molecular formula is C14H16N2O2S. The maximum absolute atomic E-state index is 10.9. The largest absolute Gasteiger partial charge is 0.478 e. The van der Waals surface area contributed by atoms with Gasteiger partial charge in [-0.1, -0.05) is 6.92 Å². The highest BCUT2D eigenvalue weighted by Crippen LogP contribution is 2.21. The number of nitrogen functional groups attached to an aromatic ring is 1. The number of aromatic carboxylic acids is 1. The van der Waals surface area contributed by atoms with Gasteiger partial charge in [0.15, 0.2) is 0 Å². The van der Waals surface area contributed by atoms with Crippen molar-refractivity contribution < 1.29 is 9.90 Å². The van der Waals surface area contributed by atoms with Crippen molar-refractivity contribution in [3.8, 4) is 0 Å². The van der Waals surface area contributed by atoms with Crippen LogP contribution in [0, 0.1) is 0 Å². The first kappa shape index (κ1) is 13.4. The summed E-state index contributed by atoms with van der Waals surface area (Å²) < 4.78 is 0. The van der Waals surface area contributed by atoms with E-state index in [1.165, 1.54) is 16.5 Å². The van der Waals surface area contributed by atoms with Crippen LogP contribution < -0.4 is 11.1 Å². The maximum Gasteiger partial charge on any atom is 0.337 e. The molecule has 100 valence electrons. The lowest BCUT2D eigenvalue weighted by atomic mass is 10.1. The molecule has 2 aromatic rings. The number of aryl methyl sites for hydroxylation is 1. The Bertz CT molecular complexity index is 593. The molecule has 4 nitrogen and oxygen atoms in total. The molecule has 0 aliphatic rings. The van der Waals surface area contributed by atoms with Crippen LogP contribution in [0.4, 0.5) is 11.4 Å². The normalized spacial score (nSPS) is 10.4. The van der Waals surface area contributed by atoms with E-state index in [1.807, 2.05) is 0 Å². The van der Waals surface area contributed by atoms with Crippen LogP contribution in [0.25, 0.3) is 0 Å². The van der Waals surface area contributed by atoms with Crippen molar-refractivity contribution in [3.05, 3.63) is 45.6 Å². The average molecular weight is 276 g/mol. The van der Waals surface area contributed by atoms with Crippen LogP contribution in [0.3, 0.4) is 0 Å². The Morgan fingerprint density at radius 2 is 2.21 bits per heavy atom. The van der Waals surface area contributed by atoms with E-state index in [0.717, 1.165) is 18.7 Å². The number of thiophene rings is 1. The first-order chi connectivity index (χ1) is 9.11. The highest BCUT2D eigenvalue weighted by molar-refractivity contribution is 7.10. The van der Waals surface area contributed by atoms with Gasteiger partial charge in [-0.15, -0.1) is 11.3 Å². The van der Waals surface area contributed by atoms with Crippen molar-refractivity contribution >= 4 is 28.7 Å². The van der Waals surface area contributed by atoms with Gasteiger partial charge in [-0.2, -0.15) is 0 Å². The molecule has 4 N–H and O–H groups in total. The van der Waals surface area contributed by atoms with Gasteiger partial charge in [0.2, 0.25) is 0 Å². The molecule has 0 saturated heterocycles. The minimum absolute atomic E-state index is 0.135. The standard InChI is InChI=1S/C14H16N2O2S/c1-2-9-5-6-19-13(9)8-16-10-3-4-11(14(17)18)12(15)7-10/h3-7,16H,2,8,15H2,1H3,(H,17,18). The minimum atomic E-state index is -1.00. The summed E-state index contributed by atoms with van der Waals surface area (Å²) in [5.41, 5.74) is 8.29. The van der Waals surface area contributed by atoms with E-state index in [0.29, 0.717) is 0 Å². The fraction of sp³-hybridized carbons (Fsp3) is 0.214. The third-order valence-electron chi connectivity index (χ3n) is 2.95. The van der Waals surface area contributed by atoms with E-state index in [1.54, 1.807) is 23.5 Å². The van der Waals surface area contributed by atoms with Crippen LogP contribution in [-0.4, -0.2) is 11.1 Å². The van der Waals surface area contributed by atoms with Crippen LogP contribution in [0.1, 0.15) is 27.7 Å². The molecule has 0 unspecified atom stereocenters. The Hall–Kier alpha value is -2.01. The monoisotopic (exact) mass is 276 g/mol. The third-order valence-corrected chi connectivity index (χ3v) is 3.92. The Kier molecular flexibility index (Phi) is 4.06. The van der Waals surface area contributed by atoms with Gasteiger partial charge in [-0.25, -0.2) is 4.79 Å². The summed E-state index contributed by atoms with van der Waals surface area (Å²) in [6.45, 7) is 2.86. The Labute approximate surface area is 115 Å². The number of nitrogens with two attached hydrogens (primary N) is 1. The number of rotatable bonds is 5. The van der Waals surface area contributed by atoms with Crippen molar-refractivity contribution in [3.63, 3.8) is 0 Å². The summed E-state index contributed by atoms with van der Waals surface area (Å²) in [7, 11) is 0. The molecule has 1 aromatic heterocycles. The lowest BCUT2D eigenvalue weighted by Crippen LogP contribution is -2.04. The molecule has 0 fully saturated rings. The molecular weight excluding hydrogens is 260 g/mol. The van der Waals surface area contributed by atoms with E-state index in [9.17, 15) is 4.79 Å². The quantitative estimate of drug-likeness (QED) is 0.733. The zero-order valence-corrected chi connectivity index (χ0v) is 11.5. The van der Waals surface area contributed by atoms with E-state index >= 15 is 0 Å². The predicted molar refractivity (Wildman–Crippen MR) is 78.8 cm³/mol. The van der Waals surface area contributed by atoms with Gasteiger partial charge in [-0.3, -0.25) is 0 Å². The number of hydrogen-bond acceptors (Lipinski definition) is 4. The molecule has 0 saturated carbocycles. The first-order valence-electron chi connectivity index (χ1n) is 6.03. The summed E-state index contributed by atoms with van der Waals surface area (Å²) in [5.74, 6) is -1.00. The number of carboxylic acid groups (broad SMARTS) is 1. The molecule has 0 bridgehead atoms. The summed E-state index contributed by atoms with van der Waals surface area (Å²) in [6.07, 6.45) is 1.01. The molecule has 1 heterocycles. The number of carboxylic acids is 1. The number of hydrogen-bond donors (Lipinski definition) is 3. The molecule has 0 aliphatic heterocycles. The maximum atomic E-state index is 10.9. The fourth-order valence-electron chi connectivity index (χ4n) is 1.89. The van der Waals surface area contributed by atoms with Gasteiger partial charge in [0.25, 0.3) is 0 Å². The molecule has 19 heavy (non-hydrogen) atoms. The van der Waals surface area contributed by atoms with Crippen molar-refractivity contribution in [2.45, 2.75) is 19.9 Å². The zero-order chi connectivity index (χ0) is 13.8. The SMILES string of the molecule is CCc1ccsc1CNc1ccc(C(=O)O)c(N)c1. The second-order valence-electron chi connectivity index (χ2n) is 4.18. The Balaban J connectivity index is 2.08. The van der Waals surface area contributed by atoms with E-state index in [-0.39, 0.29) is 11.3 Å². The van der Waals surface area contributed by atoms with Crippen LogP contribution in [0.15, 0.2) is 29.6 Å². The molecule has 0 amide bonds. The number of benzene rings is 1. The molecule has 5 heteroatoms. The lowest BCUT2D eigenvalue weighted by molar-refractivity contribution is 0.0698. The third kappa shape index (κ3) is 3.06. The average Bonchev–Trinajstić information content (AvgIpc) is 2.83. The Morgan fingerprint density at radius 1 is 1.42 bits per heavy atom. The van der Waals surface area contributed by atoms with Crippen LogP contribution in [-0.2, 0) is 13.0 Å². The smallest absolute Gasteiger partial charge is 0.337 e. The van der Waals surface area contributed by atoms with Crippen LogP contribution >= 0.6 is 11.3 Å². The highest BCUT2D eigenvalue weighted by atomic mass is 32.1. The second kappa shape index (κ2) is 5.75. The molecule has 0 aliphatic carbocycles. The molecule has 2 rings (SSSR count). The summed E-state index contributed by atoms with van der Waals surface area (Å²) in [6, 6.07) is 7.04. The van der Waals surface area contributed by atoms with Gasteiger partial charge in [0.1, 0.15) is 0 Å². The molecule has 0 spiro atoms. The van der Waals surface area contributed by atoms with Gasteiger partial charge in [-0.05, 0) is 41.6 Å². The summed E-state index contributed by atoms with van der Waals surface area (Å²) in [4.78, 5) is 12.2. The molecule has 0 atom stereocenters. The number of nitrogens with one attached hydrogen (secondary N) is 1. The summed E-state index contributed by atoms with van der Waals surface area (Å²) >= 11 is 1.72. The van der Waals surface area contributed by atoms with E-state index < -0.39 is 5.97 Å². The zero-order valence-electron chi connectivity index (χ0n) is 10.6. The van der Waals surface area contributed by atoms with Crippen molar-refractivity contribution in [2.24, 2.45) is 0 Å². The first-order valence-corrected chi connectivity index (χ1v) is 6.91. The van der Waals surface area contributed by atoms with Crippen molar-refractivity contribution in [2.75, 3.05) is 11.1 Å². The number of anilines is 2. The Morgan fingerprint density at radius 3 is 2.84 bits per heavy atom. The highest BCUT2D eigenvalue weighted by Gasteiger charge is 2.08. The molecule has 1 aromatic carbocycles. The van der Waals surface area contributed by atoms with Gasteiger partial charge < -0.3 is 16.2 Å². The minimum Gasteiger partial charge on any atom is -0.478 e.